The highest BCUT2D eigenvalue weighted by molar-refractivity contribution is 7.92. The van der Waals surface area contributed by atoms with Gasteiger partial charge in [-0.15, -0.1) is 0 Å². The van der Waals surface area contributed by atoms with E-state index < -0.39 is 16.0 Å². The molecule has 31 heavy (non-hydrogen) atoms. The molecule has 1 atom stereocenters. The number of carboxylic acid groups (broad SMARTS) is 1. The summed E-state index contributed by atoms with van der Waals surface area (Å²) in [5, 5.41) is 12.3. The maximum absolute atomic E-state index is 13.3. The average Bonchev–Trinajstić information content (AvgIpc) is 2.80. The second-order valence-electron chi connectivity index (χ2n) is 8.22. The van der Waals surface area contributed by atoms with E-state index in [1.165, 1.54) is 4.31 Å². The maximum atomic E-state index is 13.3. The fraction of sp³-hybridized carbons (Fsp3) is 0.458. The minimum atomic E-state index is -3.63. The molecule has 0 aliphatic carbocycles. The Morgan fingerprint density at radius 1 is 1.00 bits per heavy atom. The van der Waals surface area contributed by atoms with Crippen LogP contribution in [-0.2, 0) is 14.8 Å². The van der Waals surface area contributed by atoms with Gasteiger partial charge in [-0.2, -0.15) is 0 Å². The number of hydrogen-bond acceptors (Lipinski definition) is 4. The quantitative estimate of drug-likeness (QED) is 0.522. The molecule has 1 heterocycles. The number of unbranched alkanes of at least 4 members (excludes halogenated alkanes) is 5. The van der Waals surface area contributed by atoms with Crippen molar-refractivity contribution in [2.24, 2.45) is 0 Å². The van der Waals surface area contributed by atoms with Crippen LogP contribution in [0.2, 0.25) is 0 Å². The lowest BCUT2D eigenvalue weighted by atomic mass is 9.96. The predicted octanol–water partition coefficient (Wildman–Crippen LogP) is 4.63. The largest absolute Gasteiger partial charge is 0.481 e. The van der Waals surface area contributed by atoms with Crippen molar-refractivity contribution in [3.05, 3.63) is 59.2 Å². The SMILES string of the molecule is Cc1ccc2c(c1)S(=O)(=O)N(C)c1ccccc1C2NCCCCCCCCC(=O)O. The van der Waals surface area contributed by atoms with E-state index in [-0.39, 0.29) is 12.5 Å². The van der Waals surface area contributed by atoms with Crippen molar-refractivity contribution < 1.29 is 18.3 Å². The normalized spacial score (nSPS) is 17.0. The van der Waals surface area contributed by atoms with E-state index in [1.807, 2.05) is 43.3 Å². The van der Waals surface area contributed by atoms with Gasteiger partial charge in [0.1, 0.15) is 0 Å². The van der Waals surface area contributed by atoms with E-state index >= 15 is 0 Å². The number of nitrogens with one attached hydrogen (secondary N) is 1. The molecule has 1 unspecified atom stereocenters. The standard InChI is InChI=1S/C24H32N2O4S/c1-18-14-15-20-22(17-18)31(29,30)26(2)21-12-9-8-11-19(21)24(20)25-16-10-6-4-3-5-7-13-23(27)28/h8-9,11-12,14-15,17,24-25H,3-7,10,13,16H2,1-2H3,(H,27,28). The van der Waals surface area contributed by atoms with Crippen molar-refractivity contribution in [1.29, 1.82) is 0 Å². The molecule has 0 saturated carbocycles. The molecule has 2 aromatic rings. The van der Waals surface area contributed by atoms with Gasteiger partial charge < -0.3 is 10.4 Å². The Balaban J connectivity index is 1.70. The molecule has 2 aromatic carbocycles. The summed E-state index contributed by atoms with van der Waals surface area (Å²) in [6.07, 6.45) is 6.12. The zero-order valence-corrected chi connectivity index (χ0v) is 19.1. The smallest absolute Gasteiger partial charge is 0.303 e. The lowest BCUT2D eigenvalue weighted by molar-refractivity contribution is -0.137. The van der Waals surface area contributed by atoms with E-state index in [0.29, 0.717) is 10.6 Å². The molecule has 0 bridgehead atoms. The minimum Gasteiger partial charge on any atom is -0.481 e. The van der Waals surface area contributed by atoms with Gasteiger partial charge in [0.2, 0.25) is 0 Å². The summed E-state index contributed by atoms with van der Waals surface area (Å²) in [6, 6.07) is 13.1. The zero-order chi connectivity index (χ0) is 22.4. The Morgan fingerprint density at radius 2 is 1.68 bits per heavy atom. The Kier molecular flexibility index (Phi) is 7.73. The number of rotatable bonds is 10. The first-order valence-electron chi connectivity index (χ1n) is 11.0. The van der Waals surface area contributed by atoms with E-state index in [4.69, 9.17) is 5.11 Å². The molecule has 1 aliphatic heterocycles. The molecule has 168 valence electrons. The van der Waals surface area contributed by atoms with Crippen LogP contribution in [0.15, 0.2) is 47.4 Å². The summed E-state index contributed by atoms with van der Waals surface area (Å²) in [5.74, 6) is -0.726. The van der Waals surface area contributed by atoms with Gasteiger partial charge in [0.25, 0.3) is 10.0 Å². The van der Waals surface area contributed by atoms with Crippen LogP contribution in [0.4, 0.5) is 5.69 Å². The van der Waals surface area contributed by atoms with Crippen LogP contribution in [-0.4, -0.2) is 33.1 Å². The van der Waals surface area contributed by atoms with Crippen molar-refractivity contribution in [1.82, 2.24) is 5.32 Å². The first-order chi connectivity index (χ1) is 14.8. The molecule has 0 fully saturated rings. The molecule has 0 radical (unpaired) electrons. The third-order valence-corrected chi connectivity index (χ3v) is 7.70. The topological polar surface area (TPSA) is 86.7 Å². The van der Waals surface area contributed by atoms with Crippen molar-refractivity contribution in [3.63, 3.8) is 0 Å². The molecule has 0 aromatic heterocycles. The molecular weight excluding hydrogens is 412 g/mol. The third-order valence-electron chi connectivity index (χ3n) is 5.87. The molecule has 7 heteroatoms. The van der Waals surface area contributed by atoms with Gasteiger partial charge in [-0.3, -0.25) is 9.10 Å². The number of para-hydroxylation sites is 1. The fourth-order valence-corrected chi connectivity index (χ4v) is 5.68. The van der Waals surface area contributed by atoms with Crippen LogP contribution >= 0.6 is 0 Å². The molecule has 0 saturated heterocycles. The summed E-state index contributed by atoms with van der Waals surface area (Å²) in [6.45, 7) is 2.69. The number of nitrogens with zero attached hydrogens (tertiary/aromatic N) is 1. The number of carboxylic acids is 1. The molecule has 0 amide bonds. The van der Waals surface area contributed by atoms with Crippen LogP contribution < -0.4 is 9.62 Å². The van der Waals surface area contributed by atoms with Crippen molar-refractivity contribution in [3.8, 4) is 0 Å². The molecule has 3 rings (SSSR count). The van der Waals surface area contributed by atoms with Crippen molar-refractivity contribution >= 4 is 21.7 Å². The number of aryl methyl sites for hydroxylation is 1. The van der Waals surface area contributed by atoms with E-state index in [9.17, 15) is 13.2 Å². The van der Waals surface area contributed by atoms with Gasteiger partial charge >= 0.3 is 5.97 Å². The van der Waals surface area contributed by atoms with Crippen LogP contribution in [0.5, 0.6) is 0 Å². The van der Waals surface area contributed by atoms with Crippen molar-refractivity contribution in [2.45, 2.75) is 62.8 Å². The summed E-state index contributed by atoms with van der Waals surface area (Å²) in [4.78, 5) is 10.9. The third kappa shape index (κ3) is 5.46. The van der Waals surface area contributed by atoms with Crippen LogP contribution in [0.3, 0.4) is 0 Å². The molecule has 6 nitrogen and oxygen atoms in total. The summed E-state index contributed by atoms with van der Waals surface area (Å²) >= 11 is 0. The molecule has 0 spiro atoms. The Morgan fingerprint density at radius 3 is 2.42 bits per heavy atom. The van der Waals surface area contributed by atoms with Gasteiger partial charge in [0.15, 0.2) is 0 Å². The average molecular weight is 445 g/mol. The number of sulfonamides is 1. The van der Waals surface area contributed by atoms with Gasteiger partial charge in [-0.05, 0) is 55.1 Å². The monoisotopic (exact) mass is 444 g/mol. The number of benzene rings is 2. The van der Waals surface area contributed by atoms with Gasteiger partial charge in [0.05, 0.1) is 16.6 Å². The van der Waals surface area contributed by atoms with Gasteiger partial charge in [-0.25, -0.2) is 8.42 Å². The molecule has 1 aliphatic rings. The number of hydrogen-bond donors (Lipinski definition) is 2. The summed E-state index contributed by atoms with van der Waals surface area (Å²) in [7, 11) is -2.01. The summed E-state index contributed by atoms with van der Waals surface area (Å²) < 4.78 is 28.0. The highest BCUT2D eigenvalue weighted by Gasteiger charge is 2.34. The van der Waals surface area contributed by atoms with Crippen LogP contribution in [0.1, 0.15) is 67.7 Å². The van der Waals surface area contributed by atoms with E-state index in [1.54, 1.807) is 13.1 Å². The Hall–Kier alpha value is -2.38. The Labute approximate surface area is 185 Å². The number of anilines is 1. The first-order valence-corrected chi connectivity index (χ1v) is 12.4. The maximum Gasteiger partial charge on any atom is 0.303 e. The fourth-order valence-electron chi connectivity index (χ4n) is 4.14. The first kappa shape index (κ1) is 23.3. The highest BCUT2D eigenvalue weighted by atomic mass is 32.2. The van der Waals surface area contributed by atoms with Gasteiger partial charge in [0, 0.05) is 13.5 Å². The highest BCUT2D eigenvalue weighted by Crippen LogP contribution is 2.40. The lowest BCUT2D eigenvalue weighted by Crippen LogP contribution is -2.26. The van der Waals surface area contributed by atoms with Crippen LogP contribution in [0.25, 0.3) is 0 Å². The van der Waals surface area contributed by atoms with Gasteiger partial charge in [-0.1, -0.05) is 56.0 Å². The molecule has 2 N–H and O–H groups in total. The number of carbonyl (C=O) groups is 1. The Bertz CT molecular complexity index is 1020. The zero-order valence-electron chi connectivity index (χ0n) is 18.3. The lowest BCUT2D eigenvalue weighted by Gasteiger charge is -2.22. The van der Waals surface area contributed by atoms with E-state index in [2.05, 4.69) is 5.32 Å². The minimum absolute atomic E-state index is 0.193. The number of aliphatic carboxylic acids is 1. The van der Waals surface area contributed by atoms with Crippen molar-refractivity contribution in [2.75, 3.05) is 17.9 Å². The molecular formula is C24H32N2O4S. The van der Waals surface area contributed by atoms with E-state index in [0.717, 1.165) is 61.8 Å². The second-order valence-corrected chi connectivity index (χ2v) is 10.2. The second kappa shape index (κ2) is 10.3. The van der Waals surface area contributed by atoms with Crippen LogP contribution in [0, 0.1) is 6.92 Å². The summed E-state index contributed by atoms with van der Waals surface area (Å²) in [5.41, 5.74) is 3.37. The number of fused-ring (bicyclic) bond motifs is 2. The predicted molar refractivity (Wildman–Crippen MR) is 123 cm³/mol.